The predicted octanol–water partition coefficient (Wildman–Crippen LogP) is 1.97. The first kappa shape index (κ1) is 12.9. The van der Waals surface area contributed by atoms with Crippen LogP contribution in [0.4, 0.5) is 11.4 Å². The summed E-state index contributed by atoms with van der Waals surface area (Å²) in [6, 6.07) is 6.82. The van der Waals surface area contributed by atoms with Crippen LogP contribution in [0.5, 0.6) is 0 Å². The number of benzene rings is 1. The molecule has 0 aromatic heterocycles. The molecule has 1 atom stereocenters. The fourth-order valence-corrected chi connectivity index (χ4v) is 3.19. The average molecular weight is 272 g/mol. The summed E-state index contributed by atoms with van der Waals surface area (Å²) in [7, 11) is 0. The molecule has 3 aliphatic rings. The number of hydrogen-bond acceptors (Lipinski definition) is 5. The van der Waals surface area contributed by atoms with E-state index in [0.717, 1.165) is 19.6 Å². The number of nitrogens with one attached hydrogen (secondary N) is 1. The zero-order valence-electron chi connectivity index (χ0n) is 11.1. The molecule has 3 fully saturated rings. The second-order valence-electron chi connectivity index (χ2n) is 5.49. The summed E-state index contributed by atoms with van der Waals surface area (Å²) >= 11 is 0. The number of piperidine rings is 3. The van der Waals surface area contributed by atoms with Crippen LogP contribution in [-0.2, 0) is 0 Å². The Balaban J connectivity index is 1.81. The third-order valence-corrected chi connectivity index (χ3v) is 4.33. The summed E-state index contributed by atoms with van der Waals surface area (Å²) < 4.78 is 0. The molecule has 1 N–H and O–H groups in total. The number of hydrogen-bond donors (Lipinski definition) is 1. The number of non-ortho nitro benzene ring substituents is 1. The van der Waals surface area contributed by atoms with Gasteiger partial charge in [0.15, 0.2) is 0 Å². The molecule has 104 valence electrons. The van der Waals surface area contributed by atoms with Crippen LogP contribution in [0.2, 0.25) is 0 Å². The lowest BCUT2D eigenvalue weighted by atomic mass is 9.84. The van der Waals surface area contributed by atoms with E-state index in [4.69, 9.17) is 5.26 Å². The molecule has 1 unspecified atom stereocenters. The SMILES string of the molecule is N#Cc1cc([N+](=O)[O-])ccc1NC1CN2CCC1CC2. The van der Waals surface area contributed by atoms with E-state index in [1.807, 2.05) is 6.07 Å². The molecule has 20 heavy (non-hydrogen) atoms. The molecular formula is C14H16N4O2. The average Bonchev–Trinajstić information content (AvgIpc) is 2.48. The van der Waals surface area contributed by atoms with Gasteiger partial charge in [-0.05, 0) is 37.9 Å². The Morgan fingerprint density at radius 3 is 2.70 bits per heavy atom. The molecule has 2 bridgehead atoms. The molecule has 0 spiro atoms. The first-order chi connectivity index (χ1) is 9.67. The van der Waals surface area contributed by atoms with Crippen molar-refractivity contribution in [3.05, 3.63) is 33.9 Å². The van der Waals surface area contributed by atoms with Gasteiger partial charge in [0.25, 0.3) is 5.69 Å². The van der Waals surface area contributed by atoms with E-state index in [9.17, 15) is 10.1 Å². The molecule has 0 aliphatic carbocycles. The monoisotopic (exact) mass is 272 g/mol. The second kappa shape index (κ2) is 5.10. The van der Waals surface area contributed by atoms with Gasteiger partial charge in [0.2, 0.25) is 0 Å². The highest BCUT2D eigenvalue weighted by atomic mass is 16.6. The predicted molar refractivity (Wildman–Crippen MR) is 74.4 cm³/mol. The van der Waals surface area contributed by atoms with Gasteiger partial charge in [0, 0.05) is 24.7 Å². The van der Waals surface area contributed by atoms with Gasteiger partial charge in [-0.3, -0.25) is 10.1 Å². The number of nitrogens with zero attached hydrogens (tertiary/aromatic N) is 3. The van der Waals surface area contributed by atoms with Crippen molar-refractivity contribution in [3.8, 4) is 6.07 Å². The lowest BCUT2D eigenvalue weighted by Gasteiger charge is -2.45. The number of anilines is 1. The Morgan fingerprint density at radius 1 is 1.40 bits per heavy atom. The van der Waals surface area contributed by atoms with Crippen molar-refractivity contribution >= 4 is 11.4 Å². The minimum atomic E-state index is -0.473. The maximum absolute atomic E-state index is 10.7. The minimum Gasteiger partial charge on any atom is -0.380 e. The quantitative estimate of drug-likeness (QED) is 0.672. The van der Waals surface area contributed by atoms with Crippen LogP contribution < -0.4 is 5.32 Å². The zero-order valence-corrected chi connectivity index (χ0v) is 11.1. The number of rotatable bonds is 3. The Kier molecular flexibility index (Phi) is 3.28. The highest BCUT2D eigenvalue weighted by molar-refractivity contribution is 5.61. The van der Waals surface area contributed by atoms with Crippen LogP contribution in [0, 0.1) is 27.4 Å². The lowest BCUT2D eigenvalue weighted by molar-refractivity contribution is -0.384. The van der Waals surface area contributed by atoms with Gasteiger partial charge in [-0.2, -0.15) is 5.26 Å². The topological polar surface area (TPSA) is 82.2 Å². The Labute approximate surface area is 117 Å². The van der Waals surface area contributed by atoms with Crippen LogP contribution in [0.1, 0.15) is 18.4 Å². The summed E-state index contributed by atoms with van der Waals surface area (Å²) in [6.45, 7) is 3.31. The van der Waals surface area contributed by atoms with E-state index < -0.39 is 4.92 Å². The third-order valence-electron chi connectivity index (χ3n) is 4.33. The van der Waals surface area contributed by atoms with Gasteiger partial charge in [-0.15, -0.1) is 0 Å². The largest absolute Gasteiger partial charge is 0.380 e. The van der Waals surface area contributed by atoms with Crippen LogP contribution in [0.15, 0.2) is 18.2 Å². The molecular weight excluding hydrogens is 256 g/mol. The van der Waals surface area contributed by atoms with E-state index in [2.05, 4.69) is 10.2 Å². The molecule has 3 aliphatic heterocycles. The summed E-state index contributed by atoms with van der Waals surface area (Å²) in [5.41, 5.74) is 1.01. The highest BCUT2D eigenvalue weighted by Crippen LogP contribution is 2.31. The van der Waals surface area contributed by atoms with E-state index in [0.29, 0.717) is 23.2 Å². The molecule has 4 rings (SSSR count). The van der Waals surface area contributed by atoms with Crippen LogP contribution in [-0.4, -0.2) is 35.5 Å². The van der Waals surface area contributed by atoms with Gasteiger partial charge < -0.3 is 10.2 Å². The van der Waals surface area contributed by atoms with E-state index >= 15 is 0 Å². The summed E-state index contributed by atoms with van der Waals surface area (Å²) in [4.78, 5) is 12.7. The smallest absolute Gasteiger partial charge is 0.270 e. The second-order valence-corrected chi connectivity index (χ2v) is 5.49. The molecule has 6 nitrogen and oxygen atoms in total. The molecule has 1 aromatic rings. The fourth-order valence-electron chi connectivity index (χ4n) is 3.19. The molecule has 0 radical (unpaired) electrons. The van der Waals surface area contributed by atoms with Crippen molar-refractivity contribution in [2.75, 3.05) is 25.0 Å². The summed E-state index contributed by atoms with van der Waals surface area (Å²) in [5.74, 6) is 0.640. The number of nitriles is 1. The molecule has 6 heteroatoms. The first-order valence-corrected chi connectivity index (χ1v) is 6.85. The first-order valence-electron chi connectivity index (χ1n) is 6.85. The van der Waals surface area contributed by atoms with E-state index in [-0.39, 0.29) is 5.69 Å². The normalized spacial score (nSPS) is 27.9. The van der Waals surface area contributed by atoms with E-state index in [1.165, 1.54) is 25.0 Å². The van der Waals surface area contributed by atoms with Crippen LogP contribution in [0.3, 0.4) is 0 Å². The van der Waals surface area contributed by atoms with Crippen LogP contribution >= 0.6 is 0 Å². The van der Waals surface area contributed by atoms with Gasteiger partial charge in [0.1, 0.15) is 6.07 Å². The summed E-state index contributed by atoms with van der Waals surface area (Å²) in [5, 5.41) is 23.3. The van der Waals surface area contributed by atoms with Gasteiger partial charge >= 0.3 is 0 Å². The zero-order chi connectivity index (χ0) is 14.1. The van der Waals surface area contributed by atoms with Gasteiger partial charge in [-0.25, -0.2) is 0 Å². The van der Waals surface area contributed by atoms with Crippen molar-refractivity contribution in [3.63, 3.8) is 0 Å². The number of nitro groups is 1. The molecule has 0 saturated carbocycles. The van der Waals surface area contributed by atoms with Crippen molar-refractivity contribution in [1.29, 1.82) is 5.26 Å². The maximum Gasteiger partial charge on any atom is 0.270 e. The lowest BCUT2D eigenvalue weighted by Crippen LogP contribution is -2.53. The molecule has 0 amide bonds. The third kappa shape index (κ3) is 2.32. The van der Waals surface area contributed by atoms with Crippen LogP contribution in [0.25, 0.3) is 0 Å². The van der Waals surface area contributed by atoms with Crippen molar-refractivity contribution < 1.29 is 4.92 Å². The Hall–Kier alpha value is -2.13. The van der Waals surface area contributed by atoms with Gasteiger partial charge in [-0.1, -0.05) is 0 Å². The van der Waals surface area contributed by atoms with Crippen molar-refractivity contribution in [2.24, 2.45) is 5.92 Å². The number of fused-ring (bicyclic) bond motifs is 3. The standard InChI is InChI=1S/C14H16N4O2/c15-8-11-7-12(18(19)20)1-2-13(11)16-14-9-17-5-3-10(14)4-6-17/h1-2,7,10,14,16H,3-6,9H2. The maximum atomic E-state index is 10.7. The Bertz CT molecular complexity index is 573. The number of nitro benzene ring substituents is 1. The van der Waals surface area contributed by atoms with Crippen molar-refractivity contribution in [1.82, 2.24) is 4.90 Å². The molecule has 3 saturated heterocycles. The minimum absolute atomic E-state index is 0.0407. The fraction of sp³-hybridized carbons (Fsp3) is 0.500. The molecule has 1 aromatic carbocycles. The van der Waals surface area contributed by atoms with E-state index in [1.54, 1.807) is 6.07 Å². The Morgan fingerprint density at radius 2 is 2.15 bits per heavy atom. The summed E-state index contributed by atoms with van der Waals surface area (Å²) in [6.07, 6.45) is 2.37. The molecule has 3 heterocycles. The van der Waals surface area contributed by atoms with Crippen molar-refractivity contribution in [2.45, 2.75) is 18.9 Å². The van der Waals surface area contributed by atoms with Gasteiger partial charge in [0.05, 0.1) is 16.2 Å². The highest BCUT2D eigenvalue weighted by Gasteiger charge is 2.34.